The van der Waals surface area contributed by atoms with E-state index in [-0.39, 0.29) is 18.0 Å². The second kappa shape index (κ2) is 4.48. The van der Waals surface area contributed by atoms with Crippen molar-refractivity contribution in [2.24, 2.45) is 5.10 Å². The quantitative estimate of drug-likeness (QED) is 0.665. The van der Waals surface area contributed by atoms with Crippen LogP contribution in [0.5, 0.6) is 0 Å². The monoisotopic (exact) mass is 272 g/mol. The Bertz CT molecular complexity index is 669. The number of rotatable bonds is 2. The summed E-state index contributed by atoms with van der Waals surface area (Å²) >= 11 is 5.78. The van der Waals surface area contributed by atoms with E-state index in [0.29, 0.717) is 21.9 Å². The predicted octanol–water partition coefficient (Wildman–Crippen LogP) is 2.52. The SMILES string of the molecule is O=C1CC(=O)C2=C1C=C/C2=N/Nc1ccc(Cl)cc1. The van der Waals surface area contributed by atoms with E-state index in [9.17, 15) is 9.59 Å². The predicted molar refractivity (Wildman–Crippen MR) is 73.3 cm³/mol. The van der Waals surface area contributed by atoms with Gasteiger partial charge in [0.05, 0.1) is 23.4 Å². The van der Waals surface area contributed by atoms with Gasteiger partial charge in [-0.1, -0.05) is 11.6 Å². The van der Waals surface area contributed by atoms with Crippen LogP contribution in [0.2, 0.25) is 5.02 Å². The zero-order valence-electron chi connectivity index (χ0n) is 9.81. The van der Waals surface area contributed by atoms with Crippen molar-refractivity contribution in [2.75, 3.05) is 5.43 Å². The fraction of sp³-hybridized carbons (Fsp3) is 0.0714. The molecule has 0 saturated heterocycles. The lowest BCUT2D eigenvalue weighted by molar-refractivity contribution is -0.120. The molecule has 5 heteroatoms. The molecule has 0 saturated carbocycles. The number of anilines is 1. The van der Waals surface area contributed by atoms with Gasteiger partial charge >= 0.3 is 0 Å². The molecule has 2 aliphatic carbocycles. The summed E-state index contributed by atoms with van der Waals surface area (Å²) in [5, 5.41) is 4.80. The number of benzene rings is 1. The smallest absolute Gasteiger partial charge is 0.173 e. The van der Waals surface area contributed by atoms with Gasteiger partial charge < -0.3 is 0 Å². The molecule has 0 spiro atoms. The van der Waals surface area contributed by atoms with Gasteiger partial charge in [0.1, 0.15) is 0 Å². The van der Waals surface area contributed by atoms with Crippen LogP contribution in [0.1, 0.15) is 6.42 Å². The maximum Gasteiger partial charge on any atom is 0.173 e. The third-order valence-electron chi connectivity index (χ3n) is 2.98. The van der Waals surface area contributed by atoms with Gasteiger partial charge in [-0.15, -0.1) is 0 Å². The Balaban J connectivity index is 1.84. The van der Waals surface area contributed by atoms with Gasteiger partial charge in [-0.3, -0.25) is 15.0 Å². The summed E-state index contributed by atoms with van der Waals surface area (Å²) in [6, 6.07) is 7.04. The molecule has 19 heavy (non-hydrogen) atoms. The van der Waals surface area contributed by atoms with Gasteiger partial charge in [-0.25, -0.2) is 0 Å². The minimum Gasteiger partial charge on any atom is -0.294 e. The van der Waals surface area contributed by atoms with Crippen molar-refractivity contribution in [1.82, 2.24) is 0 Å². The molecule has 0 atom stereocenters. The molecule has 0 heterocycles. The first-order valence-electron chi connectivity index (χ1n) is 5.73. The lowest BCUT2D eigenvalue weighted by Crippen LogP contribution is -2.07. The third-order valence-corrected chi connectivity index (χ3v) is 3.24. The number of ketones is 2. The van der Waals surface area contributed by atoms with Crippen LogP contribution >= 0.6 is 11.6 Å². The van der Waals surface area contributed by atoms with Gasteiger partial charge in [0.2, 0.25) is 0 Å². The van der Waals surface area contributed by atoms with E-state index in [2.05, 4.69) is 10.5 Å². The number of carbonyl (C=O) groups excluding carboxylic acids is 2. The number of hydrogen-bond donors (Lipinski definition) is 1. The van der Waals surface area contributed by atoms with Crippen LogP contribution in [0.15, 0.2) is 52.7 Å². The average Bonchev–Trinajstić information content (AvgIpc) is 2.92. The van der Waals surface area contributed by atoms with E-state index < -0.39 is 0 Å². The van der Waals surface area contributed by atoms with Crippen LogP contribution in [-0.4, -0.2) is 17.3 Å². The highest BCUT2D eigenvalue weighted by Gasteiger charge is 2.34. The van der Waals surface area contributed by atoms with Gasteiger partial charge in [0, 0.05) is 10.6 Å². The molecular formula is C14H9ClN2O2. The summed E-state index contributed by atoms with van der Waals surface area (Å²) in [7, 11) is 0. The van der Waals surface area contributed by atoms with Crippen molar-refractivity contribution in [3.05, 3.63) is 52.6 Å². The van der Waals surface area contributed by atoms with E-state index in [1.165, 1.54) is 0 Å². The van der Waals surface area contributed by atoms with Crippen LogP contribution in [-0.2, 0) is 9.59 Å². The molecule has 0 aromatic heterocycles. The van der Waals surface area contributed by atoms with Crippen molar-refractivity contribution < 1.29 is 9.59 Å². The average molecular weight is 273 g/mol. The molecule has 0 fully saturated rings. The molecule has 0 bridgehead atoms. The van der Waals surface area contributed by atoms with Crippen LogP contribution in [0.4, 0.5) is 5.69 Å². The highest BCUT2D eigenvalue weighted by Crippen LogP contribution is 2.27. The van der Waals surface area contributed by atoms with Crippen molar-refractivity contribution in [2.45, 2.75) is 6.42 Å². The number of nitrogens with one attached hydrogen (secondary N) is 1. The Labute approximate surface area is 114 Å². The second-order valence-electron chi connectivity index (χ2n) is 4.26. The van der Waals surface area contributed by atoms with E-state index in [1.54, 1.807) is 36.4 Å². The molecule has 0 unspecified atom stereocenters. The minimum absolute atomic E-state index is 0.0467. The summed E-state index contributed by atoms with van der Waals surface area (Å²) in [4.78, 5) is 23.2. The number of carbonyl (C=O) groups is 2. The summed E-state index contributed by atoms with van der Waals surface area (Å²) in [6.07, 6.45) is 3.27. The second-order valence-corrected chi connectivity index (χ2v) is 4.70. The van der Waals surface area contributed by atoms with Gasteiger partial charge in [0.15, 0.2) is 11.6 Å². The summed E-state index contributed by atoms with van der Waals surface area (Å²) in [5.41, 5.74) is 5.00. The highest BCUT2D eigenvalue weighted by molar-refractivity contribution is 6.40. The highest BCUT2D eigenvalue weighted by atomic mass is 35.5. The van der Waals surface area contributed by atoms with Gasteiger partial charge in [-0.05, 0) is 36.4 Å². The Hall–Kier alpha value is -2.20. The lowest BCUT2D eigenvalue weighted by atomic mass is 10.1. The Morgan fingerprint density at radius 2 is 1.79 bits per heavy atom. The maximum atomic E-state index is 11.7. The van der Waals surface area contributed by atoms with E-state index in [1.807, 2.05) is 0 Å². The Morgan fingerprint density at radius 3 is 2.53 bits per heavy atom. The molecule has 4 nitrogen and oxygen atoms in total. The van der Waals surface area contributed by atoms with Crippen LogP contribution in [0, 0.1) is 0 Å². The molecule has 0 aliphatic heterocycles. The zero-order chi connectivity index (χ0) is 13.4. The molecule has 0 amide bonds. The molecule has 2 aliphatic rings. The summed E-state index contributed by atoms with van der Waals surface area (Å²) < 4.78 is 0. The van der Waals surface area contributed by atoms with Crippen LogP contribution < -0.4 is 5.43 Å². The number of allylic oxidation sites excluding steroid dienone is 4. The molecule has 1 aromatic rings. The molecule has 1 N–H and O–H groups in total. The topological polar surface area (TPSA) is 58.5 Å². The zero-order valence-corrected chi connectivity index (χ0v) is 10.6. The number of Topliss-reactive ketones (excluding diaryl/α,β-unsaturated/α-hetero) is 2. The number of hydrazone groups is 1. The molecule has 1 aromatic carbocycles. The van der Waals surface area contributed by atoms with Gasteiger partial charge in [-0.2, -0.15) is 5.10 Å². The van der Waals surface area contributed by atoms with Crippen LogP contribution in [0.25, 0.3) is 0 Å². The summed E-state index contributed by atoms with van der Waals surface area (Å²) in [5.74, 6) is -0.297. The van der Waals surface area contributed by atoms with Gasteiger partial charge in [0.25, 0.3) is 0 Å². The molecule has 3 rings (SSSR count). The number of halogens is 1. The van der Waals surface area contributed by atoms with E-state index in [4.69, 9.17) is 11.6 Å². The van der Waals surface area contributed by atoms with Crippen molar-refractivity contribution in [3.63, 3.8) is 0 Å². The number of hydrogen-bond acceptors (Lipinski definition) is 4. The minimum atomic E-state index is -0.165. The third kappa shape index (κ3) is 2.11. The molecule has 0 radical (unpaired) electrons. The molecule has 94 valence electrons. The fourth-order valence-electron chi connectivity index (χ4n) is 2.06. The summed E-state index contributed by atoms with van der Waals surface area (Å²) in [6.45, 7) is 0. The van der Waals surface area contributed by atoms with Crippen molar-refractivity contribution in [1.29, 1.82) is 0 Å². The first kappa shape index (κ1) is 11.9. The van der Waals surface area contributed by atoms with Crippen molar-refractivity contribution >= 4 is 34.6 Å². The number of nitrogens with zero attached hydrogens (tertiary/aromatic N) is 1. The lowest BCUT2D eigenvalue weighted by Gasteiger charge is -2.02. The van der Waals surface area contributed by atoms with Crippen molar-refractivity contribution in [3.8, 4) is 0 Å². The Kier molecular flexibility index (Phi) is 2.80. The normalized spacial score (nSPS) is 19.5. The first-order chi connectivity index (χ1) is 9.15. The first-order valence-corrected chi connectivity index (χ1v) is 6.11. The van der Waals surface area contributed by atoms with E-state index in [0.717, 1.165) is 5.69 Å². The molecular weight excluding hydrogens is 264 g/mol. The standard InChI is InChI=1S/C14H9ClN2O2/c15-8-1-3-9(4-2-8)16-17-11-6-5-10-12(18)7-13(19)14(10)11/h1-6,16H,7H2/b17-11-. The van der Waals surface area contributed by atoms with E-state index >= 15 is 0 Å². The Morgan fingerprint density at radius 1 is 1.05 bits per heavy atom. The largest absolute Gasteiger partial charge is 0.294 e. The fourth-order valence-corrected chi connectivity index (χ4v) is 2.19. The van der Waals surface area contributed by atoms with Crippen LogP contribution in [0.3, 0.4) is 0 Å². The maximum absolute atomic E-state index is 11.7.